The Morgan fingerprint density at radius 2 is 2.31 bits per heavy atom. The van der Waals surface area contributed by atoms with Crippen molar-refractivity contribution in [3.8, 4) is 0 Å². The van der Waals surface area contributed by atoms with E-state index in [0.717, 1.165) is 25.7 Å². The van der Waals surface area contributed by atoms with Crippen LogP contribution in [0.25, 0.3) is 0 Å². The van der Waals surface area contributed by atoms with Crippen molar-refractivity contribution in [2.24, 2.45) is 0 Å². The zero-order valence-corrected chi connectivity index (χ0v) is 8.32. The predicted molar refractivity (Wildman–Crippen MR) is 51.1 cm³/mol. The van der Waals surface area contributed by atoms with Gasteiger partial charge < -0.3 is 9.84 Å². The van der Waals surface area contributed by atoms with E-state index in [1.54, 1.807) is 6.08 Å². The number of aliphatic hydroxyl groups excluding tert-OH is 1. The number of hydrogen-bond donors (Lipinski definition) is 1. The minimum Gasteiger partial charge on any atom is -0.435 e. The van der Waals surface area contributed by atoms with Crippen molar-refractivity contribution in [2.45, 2.75) is 45.6 Å². The van der Waals surface area contributed by atoms with Crippen LogP contribution in [0, 0.1) is 0 Å². The second kappa shape index (κ2) is 7.80. The van der Waals surface area contributed by atoms with Crippen molar-refractivity contribution < 1.29 is 14.6 Å². The fourth-order valence-corrected chi connectivity index (χ4v) is 0.887. The minimum atomic E-state index is -0.301. The Morgan fingerprint density at radius 3 is 2.85 bits per heavy atom. The van der Waals surface area contributed by atoms with E-state index in [4.69, 9.17) is 0 Å². The zero-order chi connectivity index (χ0) is 10.1. The lowest BCUT2D eigenvalue weighted by atomic mass is 10.1. The molecule has 3 nitrogen and oxygen atoms in total. The first-order chi connectivity index (χ1) is 6.16. The van der Waals surface area contributed by atoms with Crippen LogP contribution in [-0.2, 0) is 9.53 Å². The van der Waals surface area contributed by atoms with Crippen molar-refractivity contribution >= 4 is 5.97 Å². The number of allylic oxidation sites excluding steroid dienone is 1. The summed E-state index contributed by atoms with van der Waals surface area (Å²) in [5.41, 5.74) is 0. The number of ether oxygens (including phenoxy) is 1. The Kier molecular flexibility index (Phi) is 7.30. The van der Waals surface area contributed by atoms with Gasteiger partial charge in [-0.25, -0.2) is 0 Å². The third kappa shape index (κ3) is 9.08. The molecule has 76 valence electrons. The molecule has 0 aliphatic rings. The maximum Gasteiger partial charge on any atom is 0.307 e. The van der Waals surface area contributed by atoms with Gasteiger partial charge in [0.2, 0.25) is 0 Å². The molecule has 0 aromatic heterocycles. The van der Waals surface area contributed by atoms with Crippen LogP contribution in [0.2, 0.25) is 0 Å². The lowest BCUT2D eigenvalue weighted by Crippen LogP contribution is -2.02. The summed E-state index contributed by atoms with van der Waals surface area (Å²) in [4.78, 5) is 10.3. The first-order valence-corrected chi connectivity index (χ1v) is 4.67. The fourth-order valence-electron chi connectivity index (χ4n) is 0.887. The van der Waals surface area contributed by atoms with Gasteiger partial charge in [0.1, 0.15) is 0 Å². The quantitative estimate of drug-likeness (QED) is 0.392. The molecule has 1 atom stereocenters. The second-order valence-corrected chi connectivity index (χ2v) is 2.97. The average Bonchev–Trinajstić information content (AvgIpc) is 2.10. The summed E-state index contributed by atoms with van der Waals surface area (Å²) in [5.74, 6) is -0.301. The van der Waals surface area contributed by atoms with Crippen LogP contribution in [0.5, 0.6) is 0 Å². The molecule has 0 amide bonds. The van der Waals surface area contributed by atoms with Gasteiger partial charge >= 0.3 is 5.97 Å². The molecule has 0 aromatic carbocycles. The number of hydrogen-bond acceptors (Lipinski definition) is 3. The van der Waals surface area contributed by atoms with E-state index in [9.17, 15) is 9.90 Å². The third-order valence-corrected chi connectivity index (χ3v) is 1.71. The third-order valence-electron chi connectivity index (χ3n) is 1.71. The number of aliphatic hydroxyl groups is 1. The number of rotatable bonds is 6. The maximum atomic E-state index is 10.3. The van der Waals surface area contributed by atoms with Crippen LogP contribution < -0.4 is 0 Å². The van der Waals surface area contributed by atoms with Crippen LogP contribution in [0.4, 0.5) is 0 Å². The normalized spacial score (nSPS) is 13.2. The SMILES string of the molecule is CCC(O)CCCC=COC(C)=O. The molecule has 1 unspecified atom stereocenters. The summed E-state index contributed by atoms with van der Waals surface area (Å²) >= 11 is 0. The smallest absolute Gasteiger partial charge is 0.307 e. The van der Waals surface area contributed by atoms with Crippen molar-refractivity contribution in [3.05, 3.63) is 12.3 Å². The lowest BCUT2D eigenvalue weighted by Gasteiger charge is -2.04. The van der Waals surface area contributed by atoms with E-state index in [-0.39, 0.29) is 12.1 Å². The first kappa shape index (κ1) is 12.2. The number of carbonyl (C=O) groups is 1. The number of carbonyl (C=O) groups excluding carboxylic acids is 1. The lowest BCUT2D eigenvalue weighted by molar-refractivity contribution is -0.135. The molecule has 1 N–H and O–H groups in total. The Morgan fingerprint density at radius 1 is 1.62 bits per heavy atom. The molecule has 0 saturated carbocycles. The van der Waals surface area contributed by atoms with Crippen molar-refractivity contribution in [1.82, 2.24) is 0 Å². The Balaban J connectivity index is 3.25. The maximum absolute atomic E-state index is 10.3. The van der Waals surface area contributed by atoms with Crippen molar-refractivity contribution in [2.75, 3.05) is 0 Å². The Labute approximate surface area is 79.4 Å². The molecule has 0 radical (unpaired) electrons. The van der Waals surface area contributed by atoms with E-state index < -0.39 is 0 Å². The largest absolute Gasteiger partial charge is 0.435 e. The summed E-state index contributed by atoms with van der Waals surface area (Å²) in [7, 11) is 0. The molecular weight excluding hydrogens is 168 g/mol. The molecule has 0 fully saturated rings. The van der Waals surface area contributed by atoms with Gasteiger partial charge in [-0.15, -0.1) is 0 Å². The molecule has 3 heteroatoms. The monoisotopic (exact) mass is 186 g/mol. The van der Waals surface area contributed by atoms with E-state index in [0.29, 0.717) is 0 Å². The molecule has 0 saturated heterocycles. The molecule has 13 heavy (non-hydrogen) atoms. The van der Waals surface area contributed by atoms with E-state index >= 15 is 0 Å². The van der Waals surface area contributed by atoms with Crippen LogP contribution >= 0.6 is 0 Å². The van der Waals surface area contributed by atoms with Crippen LogP contribution in [-0.4, -0.2) is 17.2 Å². The van der Waals surface area contributed by atoms with Crippen LogP contribution in [0.3, 0.4) is 0 Å². The highest BCUT2D eigenvalue weighted by atomic mass is 16.5. The van der Waals surface area contributed by atoms with E-state index in [1.165, 1.54) is 13.2 Å². The highest BCUT2D eigenvalue weighted by Crippen LogP contribution is 2.04. The predicted octanol–water partition coefficient (Wildman–Crippen LogP) is 2.00. The summed E-state index contributed by atoms with van der Waals surface area (Å²) < 4.78 is 4.59. The molecule has 0 heterocycles. The molecule has 0 spiro atoms. The van der Waals surface area contributed by atoms with Crippen LogP contribution in [0.1, 0.15) is 39.5 Å². The molecule has 0 rings (SSSR count). The number of esters is 1. The van der Waals surface area contributed by atoms with Crippen LogP contribution in [0.15, 0.2) is 12.3 Å². The van der Waals surface area contributed by atoms with Gasteiger partial charge in [0.15, 0.2) is 0 Å². The highest BCUT2D eigenvalue weighted by molar-refractivity contribution is 5.66. The van der Waals surface area contributed by atoms with Gasteiger partial charge in [-0.05, 0) is 31.8 Å². The number of unbranched alkanes of at least 4 members (excludes halogenated alkanes) is 1. The molecule has 0 aromatic rings. The topological polar surface area (TPSA) is 46.5 Å². The Hall–Kier alpha value is -0.830. The highest BCUT2D eigenvalue weighted by Gasteiger charge is 1.97. The molecule has 0 aliphatic heterocycles. The zero-order valence-electron chi connectivity index (χ0n) is 8.32. The summed E-state index contributed by atoms with van der Waals surface area (Å²) in [6.07, 6.45) is 6.37. The van der Waals surface area contributed by atoms with Crippen molar-refractivity contribution in [3.63, 3.8) is 0 Å². The Bertz CT molecular complexity index is 164. The average molecular weight is 186 g/mol. The van der Waals surface area contributed by atoms with E-state index in [2.05, 4.69) is 4.74 Å². The van der Waals surface area contributed by atoms with E-state index in [1.807, 2.05) is 6.92 Å². The molecule has 0 bridgehead atoms. The van der Waals surface area contributed by atoms with Gasteiger partial charge in [-0.3, -0.25) is 4.79 Å². The van der Waals surface area contributed by atoms with Gasteiger partial charge in [-0.1, -0.05) is 6.92 Å². The fraction of sp³-hybridized carbons (Fsp3) is 0.700. The second-order valence-electron chi connectivity index (χ2n) is 2.97. The standard InChI is InChI=1S/C10H18O3/c1-3-10(12)7-5-4-6-8-13-9(2)11/h6,8,10,12H,3-5,7H2,1-2H3. The molecular formula is C10H18O3. The first-order valence-electron chi connectivity index (χ1n) is 4.67. The molecule has 0 aliphatic carbocycles. The summed E-state index contributed by atoms with van der Waals surface area (Å²) in [6.45, 7) is 3.32. The van der Waals surface area contributed by atoms with Gasteiger partial charge in [0.25, 0.3) is 0 Å². The van der Waals surface area contributed by atoms with Gasteiger partial charge in [0, 0.05) is 6.92 Å². The minimum absolute atomic E-state index is 0.192. The summed E-state index contributed by atoms with van der Waals surface area (Å²) in [5, 5.41) is 9.19. The van der Waals surface area contributed by atoms with Crippen molar-refractivity contribution in [1.29, 1.82) is 0 Å². The van der Waals surface area contributed by atoms with Gasteiger partial charge in [0.05, 0.1) is 12.4 Å². The summed E-state index contributed by atoms with van der Waals surface area (Å²) in [6, 6.07) is 0. The van der Waals surface area contributed by atoms with Gasteiger partial charge in [-0.2, -0.15) is 0 Å².